The molecule has 2 spiro atoms. The van der Waals surface area contributed by atoms with Crippen molar-refractivity contribution in [1.82, 2.24) is 0 Å². The molecule has 0 unspecified atom stereocenters. The number of methoxy groups -OCH3 is 1. The zero-order valence-corrected chi connectivity index (χ0v) is 22.0. The van der Waals surface area contributed by atoms with Crippen molar-refractivity contribution in [2.45, 2.75) is 57.6 Å². The number of rotatable bonds is 4. The van der Waals surface area contributed by atoms with Gasteiger partial charge in [-0.15, -0.1) is 0 Å². The van der Waals surface area contributed by atoms with E-state index in [-0.39, 0.29) is 17.7 Å². The van der Waals surface area contributed by atoms with Gasteiger partial charge < -0.3 is 24.1 Å². The number of carbonyl (C=O) groups excluding carboxylic acids is 4. The highest BCUT2D eigenvalue weighted by molar-refractivity contribution is 6.07. The second kappa shape index (κ2) is 8.05. The molecule has 4 fully saturated rings. The van der Waals surface area contributed by atoms with Gasteiger partial charge >= 0.3 is 17.9 Å². The number of carbonyl (C=O) groups is 4. The normalized spacial score (nSPS) is 34.7. The Kier molecular flexibility index (Phi) is 5.23. The van der Waals surface area contributed by atoms with Gasteiger partial charge in [0.15, 0.2) is 12.3 Å². The Morgan fingerprint density at radius 2 is 1.69 bits per heavy atom. The Morgan fingerprint density at radius 1 is 1.03 bits per heavy atom. The number of para-hydroxylation sites is 2. The largest absolute Gasteiger partial charge is 0.495 e. The maximum absolute atomic E-state index is 14.4. The molecule has 0 radical (unpaired) electrons. The van der Waals surface area contributed by atoms with Crippen LogP contribution in [0.15, 0.2) is 54.6 Å². The van der Waals surface area contributed by atoms with Crippen molar-refractivity contribution in [3.05, 3.63) is 60.2 Å². The second-order valence-electron chi connectivity index (χ2n) is 11.6. The van der Waals surface area contributed by atoms with Crippen molar-refractivity contribution < 1.29 is 43.2 Å². The molecular weight excluding hydrogens is 506 g/mol. The third kappa shape index (κ3) is 2.89. The standard InChI is InChI=1S/C29H29NO9/c1-26(2,3)28(35)14-19-27(15-20(31)37-19)25(34)39-24-29(27,28)21(38-23(33)16-10-6-5-7-11-16)22(32)30(24)17-12-8-9-13-18(17)36-4/h5-13,19,21,24,35H,14-15H2,1-4H3/t19-,21-,24-,27-,28+,29+/m0/s1. The maximum Gasteiger partial charge on any atom is 0.338 e. The van der Waals surface area contributed by atoms with Gasteiger partial charge in [-0.05, 0) is 29.7 Å². The summed E-state index contributed by atoms with van der Waals surface area (Å²) in [5, 5.41) is 12.7. The lowest BCUT2D eigenvalue weighted by Gasteiger charge is -2.51. The van der Waals surface area contributed by atoms with E-state index in [1.807, 2.05) is 0 Å². The Hall–Kier alpha value is -3.92. The third-order valence-corrected chi connectivity index (χ3v) is 9.05. The maximum atomic E-state index is 14.4. The first-order chi connectivity index (χ1) is 18.4. The molecule has 4 aliphatic rings. The predicted molar refractivity (Wildman–Crippen MR) is 134 cm³/mol. The Labute approximate surface area is 224 Å². The van der Waals surface area contributed by atoms with Crippen LogP contribution in [0.4, 0.5) is 5.69 Å². The number of nitrogens with zero attached hydrogens (tertiary/aromatic N) is 1. The summed E-state index contributed by atoms with van der Waals surface area (Å²) in [5.74, 6) is -2.65. The molecule has 6 rings (SSSR count). The number of hydrogen-bond donors (Lipinski definition) is 1. The smallest absolute Gasteiger partial charge is 0.338 e. The first kappa shape index (κ1) is 25.4. The van der Waals surface area contributed by atoms with Crippen LogP contribution in [-0.2, 0) is 28.6 Å². The number of esters is 3. The van der Waals surface area contributed by atoms with Gasteiger partial charge in [-0.2, -0.15) is 0 Å². The molecule has 204 valence electrons. The minimum absolute atomic E-state index is 0.139. The number of benzene rings is 2. The van der Waals surface area contributed by atoms with E-state index in [4.69, 9.17) is 18.9 Å². The summed E-state index contributed by atoms with van der Waals surface area (Å²) >= 11 is 0. The molecule has 1 saturated carbocycles. The average Bonchev–Trinajstić information content (AvgIpc) is 3.51. The molecule has 2 aromatic carbocycles. The number of ether oxygens (including phenoxy) is 4. The fraction of sp³-hybridized carbons (Fsp3) is 0.448. The van der Waals surface area contributed by atoms with Gasteiger partial charge in [0.25, 0.3) is 5.91 Å². The van der Waals surface area contributed by atoms with Gasteiger partial charge in [-0.25, -0.2) is 4.79 Å². The Bertz CT molecular complexity index is 1400. The van der Waals surface area contributed by atoms with Crippen molar-refractivity contribution in [2.75, 3.05) is 12.0 Å². The van der Waals surface area contributed by atoms with Crippen LogP contribution in [0.3, 0.4) is 0 Å². The molecule has 3 heterocycles. The molecule has 0 bridgehead atoms. The summed E-state index contributed by atoms with van der Waals surface area (Å²) in [7, 11) is 1.44. The summed E-state index contributed by atoms with van der Waals surface area (Å²) in [5.41, 5.74) is -6.02. The Balaban J connectivity index is 1.64. The van der Waals surface area contributed by atoms with E-state index in [9.17, 15) is 24.3 Å². The summed E-state index contributed by atoms with van der Waals surface area (Å²) < 4.78 is 23.1. The van der Waals surface area contributed by atoms with Crippen LogP contribution in [0.2, 0.25) is 0 Å². The molecule has 0 aromatic heterocycles. The van der Waals surface area contributed by atoms with Gasteiger partial charge in [-0.1, -0.05) is 51.1 Å². The van der Waals surface area contributed by atoms with Crippen molar-refractivity contribution >= 4 is 29.5 Å². The van der Waals surface area contributed by atoms with E-state index in [1.54, 1.807) is 63.2 Å². The summed E-state index contributed by atoms with van der Waals surface area (Å²) in [6.07, 6.45) is -4.73. The molecule has 3 aliphatic heterocycles. The second-order valence-corrected chi connectivity index (χ2v) is 11.6. The van der Waals surface area contributed by atoms with E-state index in [1.165, 1.54) is 24.1 Å². The lowest BCUT2D eigenvalue weighted by molar-refractivity contribution is -0.204. The Morgan fingerprint density at radius 3 is 2.36 bits per heavy atom. The lowest BCUT2D eigenvalue weighted by atomic mass is 9.52. The molecule has 6 atom stereocenters. The topological polar surface area (TPSA) is 129 Å². The van der Waals surface area contributed by atoms with Crippen LogP contribution in [0, 0.1) is 16.2 Å². The van der Waals surface area contributed by atoms with Gasteiger partial charge in [0.2, 0.25) is 0 Å². The predicted octanol–water partition coefficient (Wildman–Crippen LogP) is 2.62. The molecule has 1 N–H and O–H groups in total. The van der Waals surface area contributed by atoms with Crippen molar-refractivity contribution in [2.24, 2.45) is 16.2 Å². The molecular formula is C29H29NO9. The molecule has 10 nitrogen and oxygen atoms in total. The molecule has 3 saturated heterocycles. The van der Waals surface area contributed by atoms with Crippen LogP contribution in [-0.4, -0.2) is 60.1 Å². The minimum Gasteiger partial charge on any atom is -0.495 e. The fourth-order valence-corrected chi connectivity index (χ4v) is 7.34. The van der Waals surface area contributed by atoms with Crippen LogP contribution in [0.1, 0.15) is 44.0 Å². The number of amides is 1. The van der Waals surface area contributed by atoms with E-state index in [0.29, 0.717) is 5.75 Å². The highest BCUT2D eigenvalue weighted by Gasteiger charge is 2.94. The van der Waals surface area contributed by atoms with E-state index >= 15 is 0 Å². The first-order valence-electron chi connectivity index (χ1n) is 12.8. The summed E-state index contributed by atoms with van der Waals surface area (Å²) in [6.45, 7) is 5.31. The third-order valence-electron chi connectivity index (χ3n) is 9.05. The van der Waals surface area contributed by atoms with Crippen molar-refractivity contribution in [1.29, 1.82) is 0 Å². The van der Waals surface area contributed by atoms with Gasteiger partial charge in [0, 0.05) is 6.42 Å². The summed E-state index contributed by atoms with van der Waals surface area (Å²) in [6, 6.07) is 14.8. The number of hydrogen-bond acceptors (Lipinski definition) is 9. The molecule has 2 aromatic rings. The number of anilines is 1. The minimum atomic E-state index is -1.88. The highest BCUT2D eigenvalue weighted by Crippen LogP contribution is 2.76. The van der Waals surface area contributed by atoms with Gasteiger partial charge in [-0.3, -0.25) is 19.3 Å². The monoisotopic (exact) mass is 535 g/mol. The zero-order chi connectivity index (χ0) is 28.0. The quantitative estimate of drug-likeness (QED) is 0.464. The van der Waals surface area contributed by atoms with Gasteiger partial charge in [0.1, 0.15) is 22.7 Å². The first-order valence-corrected chi connectivity index (χ1v) is 12.8. The van der Waals surface area contributed by atoms with Crippen molar-refractivity contribution in [3.8, 4) is 5.75 Å². The SMILES string of the molecule is COc1ccccc1N1C(=O)[C@H](OC(=O)c2ccccc2)[C@@]23[C@@H]1OC(=O)[C@@]21CC(=O)O[C@H]1C[C@@]3(O)C(C)(C)C. The van der Waals surface area contributed by atoms with Crippen LogP contribution in [0.5, 0.6) is 5.75 Å². The zero-order valence-electron chi connectivity index (χ0n) is 22.0. The average molecular weight is 536 g/mol. The highest BCUT2D eigenvalue weighted by atomic mass is 16.6. The van der Waals surface area contributed by atoms with Gasteiger partial charge in [0.05, 0.1) is 30.4 Å². The van der Waals surface area contributed by atoms with E-state index in [0.717, 1.165) is 0 Å². The van der Waals surface area contributed by atoms with Crippen LogP contribution >= 0.6 is 0 Å². The van der Waals surface area contributed by atoms with Crippen LogP contribution < -0.4 is 9.64 Å². The number of aliphatic hydroxyl groups is 1. The lowest BCUT2D eigenvalue weighted by Crippen LogP contribution is -2.66. The molecule has 1 amide bonds. The van der Waals surface area contributed by atoms with Crippen molar-refractivity contribution in [3.63, 3.8) is 0 Å². The van der Waals surface area contributed by atoms with E-state index < -0.39 is 70.5 Å². The fourth-order valence-electron chi connectivity index (χ4n) is 7.34. The summed E-state index contributed by atoms with van der Waals surface area (Å²) in [4.78, 5) is 55.7. The molecule has 39 heavy (non-hydrogen) atoms. The molecule has 10 heteroatoms. The van der Waals surface area contributed by atoms with E-state index in [2.05, 4.69) is 0 Å². The molecule has 1 aliphatic carbocycles. The van der Waals surface area contributed by atoms with Crippen LogP contribution in [0.25, 0.3) is 0 Å².